The Bertz CT molecular complexity index is 451. The van der Waals surface area contributed by atoms with Crippen molar-refractivity contribution in [3.63, 3.8) is 0 Å². The molecule has 0 fully saturated rings. The number of aliphatic hydroxyl groups excluding tert-OH is 1. The fourth-order valence-corrected chi connectivity index (χ4v) is 1.57. The summed E-state index contributed by atoms with van der Waals surface area (Å²) in [6, 6.07) is 9.74. The quantitative estimate of drug-likeness (QED) is 0.615. The van der Waals surface area contributed by atoms with Gasteiger partial charge in [-0.3, -0.25) is 0 Å². The molecule has 4 nitrogen and oxygen atoms in total. The van der Waals surface area contributed by atoms with Gasteiger partial charge in [-0.2, -0.15) is 0 Å². The Labute approximate surface area is 120 Å². The number of ether oxygens (including phenoxy) is 2. The van der Waals surface area contributed by atoms with E-state index in [4.69, 9.17) is 9.47 Å². The van der Waals surface area contributed by atoms with Crippen LogP contribution in [0.25, 0.3) is 0 Å². The molecule has 0 radical (unpaired) electrons. The molecule has 4 heteroatoms. The molecule has 0 amide bonds. The number of benzene rings is 1. The summed E-state index contributed by atoms with van der Waals surface area (Å²) in [6.07, 6.45) is -0.860. The van der Waals surface area contributed by atoms with Crippen LogP contribution in [0.4, 0.5) is 0 Å². The van der Waals surface area contributed by atoms with Crippen LogP contribution in [0.1, 0.15) is 26.3 Å². The molecule has 0 aromatic heterocycles. The van der Waals surface area contributed by atoms with Crippen molar-refractivity contribution in [3.8, 4) is 0 Å². The summed E-state index contributed by atoms with van der Waals surface area (Å²) >= 11 is 0. The van der Waals surface area contributed by atoms with Gasteiger partial charge in [-0.05, 0) is 26.3 Å². The number of carbonyl (C=O) groups is 1. The van der Waals surface area contributed by atoms with Crippen LogP contribution in [0, 0.1) is 0 Å². The number of carbonyl (C=O) groups excluding carboxylic acids is 1. The highest BCUT2D eigenvalue weighted by Crippen LogP contribution is 2.24. The third-order valence-corrected chi connectivity index (χ3v) is 2.86. The lowest BCUT2D eigenvalue weighted by molar-refractivity contribution is -0.144. The SMILES string of the molecule is C=C(C)C(=O)OCC(O)COC(C)(C)c1ccccc1. The van der Waals surface area contributed by atoms with E-state index in [1.54, 1.807) is 6.92 Å². The zero-order valence-electron chi connectivity index (χ0n) is 12.3. The van der Waals surface area contributed by atoms with Gasteiger partial charge in [0.05, 0.1) is 12.2 Å². The zero-order valence-corrected chi connectivity index (χ0v) is 12.3. The minimum atomic E-state index is -0.860. The smallest absolute Gasteiger partial charge is 0.333 e. The first-order chi connectivity index (χ1) is 9.33. The predicted molar refractivity (Wildman–Crippen MR) is 77.2 cm³/mol. The van der Waals surface area contributed by atoms with Crippen molar-refractivity contribution < 1.29 is 19.4 Å². The minimum Gasteiger partial charge on any atom is -0.460 e. The van der Waals surface area contributed by atoms with Crippen LogP contribution < -0.4 is 0 Å². The topological polar surface area (TPSA) is 55.8 Å². The third kappa shape index (κ3) is 5.15. The Morgan fingerprint density at radius 3 is 2.45 bits per heavy atom. The number of esters is 1. The summed E-state index contributed by atoms with van der Waals surface area (Å²) in [7, 11) is 0. The molecule has 1 rings (SSSR count). The van der Waals surface area contributed by atoms with Crippen molar-refractivity contribution in [3.05, 3.63) is 48.0 Å². The fraction of sp³-hybridized carbons (Fsp3) is 0.438. The van der Waals surface area contributed by atoms with Crippen LogP contribution in [0.15, 0.2) is 42.5 Å². The molecule has 1 aromatic carbocycles. The number of aliphatic hydroxyl groups is 1. The molecular formula is C16H22O4. The van der Waals surface area contributed by atoms with Gasteiger partial charge < -0.3 is 14.6 Å². The van der Waals surface area contributed by atoms with E-state index in [2.05, 4.69) is 6.58 Å². The molecule has 1 N–H and O–H groups in total. The number of rotatable bonds is 7. The Kier molecular flexibility index (Phi) is 5.92. The van der Waals surface area contributed by atoms with Gasteiger partial charge in [0.1, 0.15) is 12.7 Å². The van der Waals surface area contributed by atoms with Gasteiger partial charge in [-0.15, -0.1) is 0 Å². The van der Waals surface area contributed by atoms with Crippen molar-refractivity contribution in [1.82, 2.24) is 0 Å². The monoisotopic (exact) mass is 278 g/mol. The molecule has 0 aliphatic carbocycles. The van der Waals surface area contributed by atoms with E-state index in [-0.39, 0.29) is 13.2 Å². The molecule has 0 aliphatic rings. The maximum absolute atomic E-state index is 11.2. The van der Waals surface area contributed by atoms with Gasteiger partial charge in [0.15, 0.2) is 0 Å². The average molecular weight is 278 g/mol. The highest BCUT2D eigenvalue weighted by molar-refractivity contribution is 5.86. The third-order valence-electron chi connectivity index (χ3n) is 2.86. The summed E-state index contributed by atoms with van der Waals surface area (Å²) < 4.78 is 10.6. The minimum absolute atomic E-state index is 0.0887. The van der Waals surface area contributed by atoms with Gasteiger partial charge in [0.25, 0.3) is 0 Å². The van der Waals surface area contributed by atoms with E-state index in [1.807, 2.05) is 44.2 Å². The van der Waals surface area contributed by atoms with Crippen LogP contribution in [0.2, 0.25) is 0 Å². The van der Waals surface area contributed by atoms with Gasteiger partial charge >= 0.3 is 5.97 Å². The second-order valence-electron chi connectivity index (χ2n) is 5.22. The first-order valence-electron chi connectivity index (χ1n) is 6.53. The van der Waals surface area contributed by atoms with Crippen LogP contribution in [0.5, 0.6) is 0 Å². The largest absolute Gasteiger partial charge is 0.460 e. The van der Waals surface area contributed by atoms with E-state index in [1.165, 1.54) is 0 Å². The van der Waals surface area contributed by atoms with E-state index >= 15 is 0 Å². The molecule has 110 valence electrons. The highest BCUT2D eigenvalue weighted by atomic mass is 16.6. The molecule has 0 spiro atoms. The van der Waals surface area contributed by atoms with Crippen LogP contribution in [-0.4, -0.2) is 30.4 Å². The van der Waals surface area contributed by atoms with Crippen molar-refractivity contribution in [2.75, 3.05) is 13.2 Å². The predicted octanol–water partition coefficient (Wildman–Crippen LogP) is 2.42. The molecule has 1 unspecified atom stereocenters. The van der Waals surface area contributed by atoms with Crippen LogP contribution >= 0.6 is 0 Å². The molecule has 0 aliphatic heterocycles. The Morgan fingerprint density at radius 1 is 1.30 bits per heavy atom. The first-order valence-corrected chi connectivity index (χ1v) is 6.53. The molecule has 20 heavy (non-hydrogen) atoms. The maximum Gasteiger partial charge on any atom is 0.333 e. The van der Waals surface area contributed by atoms with Crippen molar-refractivity contribution in [2.45, 2.75) is 32.5 Å². The molecule has 0 heterocycles. The van der Waals surface area contributed by atoms with Crippen molar-refractivity contribution in [1.29, 1.82) is 0 Å². The van der Waals surface area contributed by atoms with Crippen molar-refractivity contribution in [2.24, 2.45) is 0 Å². The second-order valence-corrected chi connectivity index (χ2v) is 5.22. The van der Waals surface area contributed by atoms with Crippen LogP contribution in [-0.2, 0) is 19.9 Å². The van der Waals surface area contributed by atoms with E-state index < -0.39 is 17.7 Å². The average Bonchev–Trinajstić information content (AvgIpc) is 2.43. The second kappa shape index (κ2) is 7.22. The van der Waals surface area contributed by atoms with Crippen molar-refractivity contribution >= 4 is 5.97 Å². The van der Waals surface area contributed by atoms with E-state index in [9.17, 15) is 9.90 Å². The molecule has 0 saturated carbocycles. The fourth-order valence-electron chi connectivity index (χ4n) is 1.57. The van der Waals surface area contributed by atoms with E-state index in [0.29, 0.717) is 5.57 Å². The highest BCUT2D eigenvalue weighted by Gasteiger charge is 2.22. The Morgan fingerprint density at radius 2 is 1.90 bits per heavy atom. The Balaban J connectivity index is 2.42. The summed E-state index contributed by atoms with van der Waals surface area (Å²) in [5.41, 5.74) is 0.814. The lowest BCUT2D eigenvalue weighted by Crippen LogP contribution is -2.30. The number of hydrogen-bond acceptors (Lipinski definition) is 4. The van der Waals surface area contributed by atoms with Gasteiger partial charge in [0.2, 0.25) is 0 Å². The molecule has 0 saturated heterocycles. The molecule has 1 atom stereocenters. The summed E-state index contributed by atoms with van der Waals surface area (Å²) in [4.78, 5) is 11.2. The van der Waals surface area contributed by atoms with Crippen LogP contribution in [0.3, 0.4) is 0 Å². The van der Waals surface area contributed by atoms with Gasteiger partial charge in [-0.1, -0.05) is 36.9 Å². The maximum atomic E-state index is 11.2. The molecule has 1 aromatic rings. The molecule has 0 bridgehead atoms. The molecular weight excluding hydrogens is 256 g/mol. The van der Waals surface area contributed by atoms with E-state index in [0.717, 1.165) is 5.56 Å². The summed E-state index contributed by atoms with van der Waals surface area (Å²) in [5, 5.41) is 9.76. The van der Waals surface area contributed by atoms with Gasteiger partial charge in [0, 0.05) is 5.57 Å². The lowest BCUT2D eigenvalue weighted by atomic mass is 9.98. The standard InChI is InChI=1S/C16H22O4/c1-12(2)15(18)19-10-14(17)11-20-16(3,4)13-8-6-5-7-9-13/h5-9,14,17H,1,10-11H2,2-4H3. The summed E-state index contributed by atoms with van der Waals surface area (Å²) in [5.74, 6) is -0.508. The van der Waals surface area contributed by atoms with Gasteiger partial charge in [-0.25, -0.2) is 4.79 Å². The zero-order chi connectivity index (χ0) is 15.2. The summed E-state index contributed by atoms with van der Waals surface area (Å²) in [6.45, 7) is 8.87. The number of hydrogen-bond donors (Lipinski definition) is 1. The lowest BCUT2D eigenvalue weighted by Gasteiger charge is -2.27. The Hall–Kier alpha value is -1.65. The normalized spacial score (nSPS) is 12.8. The first kappa shape index (κ1) is 16.4.